The topological polar surface area (TPSA) is 51.2 Å². The minimum absolute atomic E-state index is 0.330. The average Bonchev–Trinajstić information content (AvgIpc) is 2.91. The molecule has 0 aliphatic heterocycles. The Morgan fingerprint density at radius 1 is 1.33 bits per heavy atom. The van der Waals surface area contributed by atoms with Gasteiger partial charge in [-0.05, 0) is 55.8 Å². The van der Waals surface area contributed by atoms with Gasteiger partial charge in [0.15, 0.2) is 11.2 Å². The van der Waals surface area contributed by atoms with Gasteiger partial charge in [-0.15, -0.1) is 0 Å². The molecule has 2 aromatic carbocycles. The normalized spacial score (nSPS) is 12.2. The molecule has 1 amide bonds. The van der Waals surface area contributed by atoms with Crippen LogP contribution in [0.15, 0.2) is 36.4 Å². The minimum Gasteiger partial charge on any atom is -0.481 e. The molecule has 1 heterocycles. The quantitative estimate of drug-likeness (QED) is 0.723. The van der Waals surface area contributed by atoms with E-state index in [0.29, 0.717) is 26.1 Å². The molecular formula is C17H14ClFN2O2S. The summed E-state index contributed by atoms with van der Waals surface area (Å²) < 4.78 is 19.6. The summed E-state index contributed by atoms with van der Waals surface area (Å²) in [7, 11) is 0. The highest BCUT2D eigenvalue weighted by Gasteiger charge is 2.17. The number of thiazole rings is 1. The number of carbonyl (C=O) groups excluding carboxylic acids is 1. The fourth-order valence-electron chi connectivity index (χ4n) is 2.15. The molecule has 0 aliphatic rings. The molecule has 0 unspecified atom stereocenters. The van der Waals surface area contributed by atoms with Gasteiger partial charge in [0.05, 0.1) is 10.2 Å². The summed E-state index contributed by atoms with van der Waals surface area (Å²) in [6.45, 7) is 3.50. The summed E-state index contributed by atoms with van der Waals surface area (Å²) in [6.07, 6.45) is -0.714. The van der Waals surface area contributed by atoms with Crippen molar-refractivity contribution in [2.45, 2.75) is 20.0 Å². The maximum Gasteiger partial charge on any atom is 0.266 e. The molecule has 1 atom stereocenters. The average molecular weight is 365 g/mol. The molecular weight excluding hydrogens is 351 g/mol. The van der Waals surface area contributed by atoms with Gasteiger partial charge in [0.25, 0.3) is 5.91 Å². The van der Waals surface area contributed by atoms with E-state index in [4.69, 9.17) is 16.3 Å². The van der Waals surface area contributed by atoms with Crippen molar-refractivity contribution >= 4 is 44.2 Å². The van der Waals surface area contributed by atoms with Crippen LogP contribution in [0.3, 0.4) is 0 Å². The van der Waals surface area contributed by atoms with E-state index in [0.717, 1.165) is 5.56 Å². The smallest absolute Gasteiger partial charge is 0.266 e. The second kappa shape index (κ2) is 6.75. The first-order valence-electron chi connectivity index (χ1n) is 7.22. The van der Waals surface area contributed by atoms with Crippen LogP contribution in [0.25, 0.3) is 10.2 Å². The Labute approximate surface area is 147 Å². The zero-order valence-electron chi connectivity index (χ0n) is 13.0. The van der Waals surface area contributed by atoms with Crippen molar-refractivity contribution in [2.24, 2.45) is 0 Å². The zero-order valence-corrected chi connectivity index (χ0v) is 14.5. The Morgan fingerprint density at radius 2 is 2.12 bits per heavy atom. The van der Waals surface area contributed by atoms with Crippen LogP contribution in [0.1, 0.15) is 12.5 Å². The molecule has 4 nitrogen and oxygen atoms in total. The minimum atomic E-state index is -0.714. The maximum atomic E-state index is 13.2. The predicted molar refractivity (Wildman–Crippen MR) is 94.5 cm³/mol. The van der Waals surface area contributed by atoms with E-state index in [2.05, 4.69) is 10.3 Å². The van der Waals surface area contributed by atoms with Crippen molar-refractivity contribution in [3.8, 4) is 5.75 Å². The molecule has 24 heavy (non-hydrogen) atoms. The predicted octanol–water partition coefficient (Wildman–Crippen LogP) is 4.80. The summed E-state index contributed by atoms with van der Waals surface area (Å²) in [5, 5.41) is 3.71. The number of aromatic nitrogens is 1. The fourth-order valence-corrected chi connectivity index (χ4v) is 3.27. The van der Waals surface area contributed by atoms with E-state index in [9.17, 15) is 9.18 Å². The Hall–Kier alpha value is -2.18. The number of anilines is 1. The van der Waals surface area contributed by atoms with Crippen LogP contribution >= 0.6 is 22.9 Å². The van der Waals surface area contributed by atoms with Gasteiger partial charge in [-0.1, -0.05) is 22.9 Å². The monoisotopic (exact) mass is 364 g/mol. The number of fused-ring (bicyclic) bond motifs is 1. The lowest BCUT2D eigenvalue weighted by molar-refractivity contribution is -0.122. The van der Waals surface area contributed by atoms with Gasteiger partial charge in [0.2, 0.25) is 0 Å². The number of rotatable bonds is 4. The van der Waals surface area contributed by atoms with Crippen molar-refractivity contribution in [3.05, 3.63) is 52.8 Å². The number of halogens is 2. The fraction of sp³-hybridized carbons (Fsp3) is 0.176. The lowest BCUT2D eigenvalue weighted by Crippen LogP contribution is -2.30. The number of nitrogens with one attached hydrogen (secondary N) is 1. The summed E-state index contributed by atoms with van der Waals surface area (Å²) in [5.41, 5.74) is 1.48. The second-order valence-electron chi connectivity index (χ2n) is 5.29. The molecule has 3 rings (SSSR count). The van der Waals surface area contributed by atoms with Crippen LogP contribution in [-0.2, 0) is 4.79 Å². The van der Waals surface area contributed by atoms with E-state index in [1.54, 1.807) is 31.2 Å². The van der Waals surface area contributed by atoms with Crippen LogP contribution in [0.5, 0.6) is 5.75 Å². The summed E-state index contributed by atoms with van der Waals surface area (Å²) in [4.78, 5) is 16.5. The lowest BCUT2D eigenvalue weighted by Gasteiger charge is -2.15. The van der Waals surface area contributed by atoms with E-state index in [-0.39, 0.29) is 11.7 Å². The number of aryl methyl sites for hydroxylation is 1. The van der Waals surface area contributed by atoms with Gasteiger partial charge in [-0.25, -0.2) is 9.37 Å². The number of hydrogen-bond acceptors (Lipinski definition) is 4. The van der Waals surface area contributed by atoms with Crippen molar-refractivity contribution in [1.29, 1.82) is 0 Å². The van der Waals surface area contributed by atoms with Crippen molar-refractivity contribution in [3.63, 3.8) is 0 Å². The summed E-state index contributed by atoms with van der Waals surface area (Å²) >= 11 is 7.12. The highest BCUT2D eigenvalue weighted by atomic mass is 35.5. The van der Waals surface area contributed by atoms with Crippen LogP contribution in [0, 0.1) is 12.7 Å². The molecule has 0 saturated heterocycles. The van der Waals surface area contributed by atoms with Gasteiger partial charge in [-0.3, -0.25) is 10.1 Å². The molecule has 0 saturated carbocycles. The maximum absolute atomic E-state index is 13.2. The second-order valence-corrected chi connectivity index (χ2v) is 6.76. The Balaban J connectivity index is 1.70. The first-order chi connectivity index (χ1) is 11.4. The number of benzene rings is 2. The Kier molecular flexibility index (Phi) is 4.69. The largest absolute Gasteiger partial charge is 0.481 e. The standard InChI is InChI=1S/C17H14ClFN2O2S/c1-9-7-11(18)3-6-14(9)23-10(2)16(22)21-17-20-13-5-4-12(19)8-15(13)24-17/h3-8,10H,1-2H3,(H,20,21,22)/t10-/m0/s1. The highest BCUT2D eigenvalue weighted by molar-refractivity contribution is 7.22. The lowest BCUT2D eigenvalue weighted by atomic mass is 10.2. The van der Waals surface area contributed by atoms with Crippen LogP contribution in [0.4, 0.5) is 9.52 Å². The summed E-state index contributed by atoms with van der Waals surface area (Å²) in [6, 6.07) is 9.50. The highest BCUT2D eigenvalue weighted by Crippen LogP contribution is 2.27. The third-order valence-electron chi connectivity index (χ3n) is 3.39. The first kappa shape index (κ1) is 16.7. The van der Waals surface area contributed by atoms with Crippen molar-refractivity contribution in [1.82, 2.24) is 4.98 Å². The molecule has 1 aromatic heterocycles. The van der Waals surface area contributed by atoms with Crippen molar-refractivity contribution in [2.75, 3.05) is 5.32 Å². The van der Waals surface area contributed by atoms with Gasteiger partial charge in [-0.2, -0.15) is 0 Å². The van der Waals surface area contributed by atoms with E-state index < -0.39 is 6.10 Å². The molecule has 0 spiro atoms. The van der Waals surface area contributed by atoms with Crippen molar-refractivity contribution < 1.29 is 13.9 Å². The third kappa shape index (κ3) is 3.66. The third-order valence-corrected chi connectivity index (χ3v) is 4.56. The van der Waals surface area contributed by atoms with E-state index in [1.807, 2.05) is 6.92 Å². The van der Waals surface area contributed by atoms with Crippen LogP contribution in [-0.4, -0.2) is 17.0 Å². The van der Waals surface area contributed by atoms with Crippen LogP contribution in [0.2, 0.25) is 5.02 Å². The molecule has 0 fully saturated rings. The SMILES string of the molecule is Cc1cc(Cl)ccc1O[C@@H](C)C(=O)Nc1nc2ccc(F)cc2s1. The Morgan fingerprint density at radius 3 is 2.88 bits per heavy atom. The molecule has 3 aromatic rings. The molecule has 0 radical (unpaired) electrons. The van der Waals surface area contributed by atoms with Gasteiger partial charge >= 0.3 is 0 Å². The zero-order chi connectivity index (χ0) is 17.3. The summed E-state index contributed by atoms with van der Waals surface area (Å²) in [5.74, 6) is -0.0729. The number of hydrogen-bond donors (Lipinski definition) is 1. The van der Waals surface area contributed by atoms with E-state index in [1.165, 1.54) is 23.5 Å². The molecule has 0 aliphatic carbocycles. The molecule has 124 valence electrons. The number of carbonyl (C=O) groups is 1. The van der Waals surface area contributed by atoms with E-state index >= 15 is 0 Å². The number of amides is 1. The molecule has 0 bridgehead atoms. The van der Waals surface area contributed by atoms with Gasteiger partial charge < -0.3 is 4.74 Å². The van der Waals surface area contributed by atoms with Crippen LogP contribution < -0.4 is 10.1 Å². The van der Waals surface area contributed by atoms with Gasteiger partial charge in [0, 0.05) is 5.02 Å². The first-order valence-corrected chi connectivity index (χ1v) is 8.41. The molecule has 7 heteroatoms. The van der Waals surface area contributed by atoms with Gasteiger partial charge in [0.1, 0.15) is 11.6 Å². The Bertz CT molecular complexity index is 913. The number of ether oxygens (including phenoxy) is 1. The number of nitrogens with zero attached hydrogens (tertiary/aromatic N) is 1. The molecule has 1 N–H and O–H groups in total.